The van der Waals surface area contributed by atoms with E-state index in [1.165, 1.54) is 0 Å². The molecule has 2 saturated heterocycles. The Morgan fingerprint density at radius 2 is 2.21 bits per heavy atom. The van der Waals surface area contributed by atoms with Crippen LogP contribution in [0.5, 0.6) is 0 Å². The number of carbonyl (C=O) groups excluding carboxylic acids is 1. The van der Waals surface area contributed by atoms with Gasteiger partial charge in [0.25, 0.3) is 0 Å². The summed E-state index contributed by atoms with van der Waals surface area (Å²) in [5, 5.41) is 3.07. The van der Waals surface area contributed by atoms with Gasteiger partial charge in [0.2, 0.25) is 5.91 Å². The third-order valence-electron chi connectivity index (χ3n) is 3.20. The highest BCUT2D eigenvalue weighted by Crippen LogP contribution is 2.30. The molecule has 2 rings (SSSR count). The van der Waals surface area contributed by atoms with Gasteiger partial charge in [-0.05, 0) is 18.3 Å². The molecule has 4 nitrogen and oxygen atoms in total. The van der Waals surface area contributed by atoms with Gasteiger partial charge in [-0.15, -0.1) is 0 Å². The highest BCUT2D eigenvalue weighted by atomic mass is 16.5. The second kappa shape index (κ2) is 3.87. The van der Waals surface area contributed by atoms with Crippen molar-refractivity contribution < 1.29 is 9.53 Å². The lowest BCUT2D eigenvalue weighted by Gasteiger charge is -2.36. The Hall–Kier alpha value is -0.610. The number of amides is 1. The molecule has 1 amide bonds. The van der Waals surface area contributed by atoms with Gasteiger partial charge in [0.05, 0.1) is 13.2 Å². The molecule has 0 aromatic heterocycles. The van der Waals surface area contributed by atoms with E-state index < -0.39 is 0 Å². The highest BCUT2D eigenvalue weighted by Gasteiger charge is 2.32. The second-order valence-electron chi connectivity index (χ2n) is 4.60. The van der Waals surface area contributed by atoms with E-state index in [4.69, 9.17) is 4.74 Å². The number of hydrogen-bond donors (Lipinski definition) is 1. The van der Waals surface area contributed by atoms with Crippen LogP contribution < -0.4 is 5.32 Å². The largest absolute Gasteiger partial charge is 0.381 e. The molecule has 2 fully saturated rings. The molecular weight excluding hydrogens is 180 g/mol. The number of carbonyl (C=O) groups is 1. The summed E-state index contributed by atoms with van der Waals surface area (Å²) >= 11 is 0. The summed E-state index contributed by atoms with van der Waals surface area (Å²) in [5.41, 5.74) is 0.264. The van der Waals surface area contributed by atoms with Crippen molar-refractivity contribution in [3.05, 3.63) is 0 Å². The van der Waals surface area contributed by atoms with Crippen LogP contribution in [0.1, 0.15) is 19.8 Å². The van der Waals surface area contributed by atoms with Gasteiger partial charge in [0, 0.05) is 19.8 Å². The SMILES string of the molecule is CC1(CN2CNCC2=O)CCOCC1. The Labute approximate surface area is 84.6 Å². The molecule has 0 radical (unpaired) electrons. The monoisotopic (exact) mass is 198 g/mol. The standard InChI is InChI=1S/C10H18N2O2/c1-10(2-4-14-5-3-10)7-12-8-11-6-9(12)13/h11H,2-8H2,1H3. The first-order valence-corrected chi connectivity index (χ1v) is 5.26. The molecule has 2 aliphatic heterocycles. The van der Waals surface area contributed by atoms with Crippen LogP contribution in [0.25, 0.3) is 0 Å². The Morgan fingerprint density at radius 1 is 1.50 bits per heavy atom. The molecule has 0 atom stereocenters. The van der Waals surface area contributed by atoms with Crippen LogP contribution in [0, 0.1) is 5.41 Å². The highest BCUT2D eigenvalue weighted by molar-refractivity contribution is 5.80. The van der Waals surface area contributed by atoms with E-state index in [9.17, 15) is 4.79 Å². The summed E-state index contributed by atoms with van der Waals surface area (Å²) in [5.74, 6) is 0.234. The predicted molar refractivity (Wildman–Crippen MR) is 52.7 cm³/mol. The van der Waals surface area contributed by atoms with Crippen molar-refractivity contribution in [1.82, 2.24) is 10.2 Å². The van der Waals surface area contributed by atoms with E-state index in [0.29, 0.717) is 6.54 Å². The predicted octanol–water partition coefficient (Wildman–Crippen LogP) is 0.192. The van der Waals surface area contributed by atoms with Crippen LogP contribution in [-0.2, 0) is 9.53 Å². The number of rotatable bonds is 2. The summed E-state index contributed by atoms with van der Waals surface area (Å²) in [4.78, 5) is 13.3. The van der Waals surface area contributed by atoms with Crippen LogP contribution in [0.15, 0.2) is 0 Å². The van der Waals surface area contributed by atoms with Crippen molar-refractivity contribution in [2.75, 3.05) is 33.0 Å². The molecule has 0 unspecified atom stereocenters. The molecule has 2 aliphatic rings. The van der Waals surface area contributed by atoms with Crippen LogP contribution in [0.3, 0.4) is 0 Å². The van der Waals surface area contributed by atoms with Crippen LogP contribution >= 0.6 is 0 Å². The lowest BCUT2D eigenvalue weighted by atomic mass is 9.82. The van der Waals surface area contributed by atoms with Crippen LogP contribution in [-0.4, -0.2) is 43.8 Å². The minimum absolute atomic E-state index is 0.234. The lowest BCUT2D eigenvalue weighted by molar-refractivity contribution is -0.128. The quantitative estimate of drug-likeness (QED) is 0.689. The number of hydrogen-bond acceptors (Lipinski definition) is 3. The zero-order valence-corrected chi connectivity index (χ0v) is 8.71. The number of nitrogens with zero attached hydrogens (tertiary/aromatic N) is 1. The lowest BCUT2D eigenvalue weighted by Crippen LogP contribution is -2.40. The fraction of sp³-hybridized carbons (Fsp3) is 0.900. The molecule has 0 spiro atoms. The number of nitrogens with one attached hydrogen (secondary N) is 1. The maximum absolute atomic E-state index is 11.4. The number of ether oxygens (including phenoxy) is 1. The topological polar surface area (TPSA) is 41.6 Å². The summed E-state index contributed by atoms with van der Waals surface area (Å²) in [6.07, 6.45) is 2.13. The first-order valence-electron chi connectivity index (χ1n) is 5.26. The maximum Gasteiger partial charge on any atom is 0.237 e. The Bertz CT molecular complexity index is 224. The van der Waals surface area contributed by atoms with Gasteiger partial charge in [-0.3, -0.25) is 10.1 Å². The average molecular weight is 198 g/mol. The van der Waals surface area contributed by atoms with Crippen molar-refractivity contribution >= 4 is 5.91 Å². The van der Waals surface area contributed by atoms with Crippen molar-refractivity contribution in [2.24, 2.45) is 5.41 Å². The molecule has 0 aromatic carbocycles. The van der Waals surface area contributed by atoms with Crippen molar-refractivity contribution in [3.63, 3.8) is 0 Å². The second-order valence-corrected chi connectivity index (χ2v) is 4.60. The molecule has 1 N–H and O–H groups in total. The van der Waals surface area contributed by atoms with Crippen molar-refractivity contribution in [2.45, 2.75) is 19.8 Å². The molecular formula is C10H18N2O2. The average Bonchev–Trinajstić information content (AvgIpc) is 2.52. The molecule has 14 heavy (non-hydrogen) atoms. The first kappa shape index (κ1) is 9.93. The first-order chi connectivity index (χ1) is 6.70. The third kappa shape index (κ3) is 2.07. The van der Waals surface area contributed by atoms with Crippen LogP contribution in [0.2, 0.25) is 0 Å². The fourth-order valence-corrected chi connectivity index (χ4v) is 2.12. The van der Waals surface area contributed by atoms with Gasteiger partial charge in [-0.25, -0.2) is 0 Å². The summed E-state index contributed by atoms with van der Waals surface area (Å²) in [6.45, 7) is 6.03. The minimum atomic E-state index is 0.234. The summed E-state index contributed by atoms with van der Waals surface area (Å²) in [7, 11) is 0. The third-order valence-corrected chi connectivity index (χ3v) is 3.20. The minimum Gasteiger partial charge on any atom is -0.381 e. The molecule has 80 valence electrons. The molecule has 2 heterocycles. The molecule has 0 aromatic rings. The Kier molecular flexibility index (Phi) is 2.74. The van der Waals surface area contributed by atoms with Gasteiger partial charge in [0.1, 0.15) is 0 Å². The summed E-state index contributed by atoms with van der Waals surface area (Å²) in [6, 6.07) is 0. The Morgan fingerprint density at radius 3 is 2.79 bits per heavy atom. The van der Waals surface area contributed by atoms with Gasteiger partial charge in [0.15, 0.2) is 0 Å². The zero-order chi connectivity index (χ0) is 10.0. The Balaban J connectivity index is 1.91. The van der Waals surface area contributed by atoms with Crippen LogP contribution in [0.4, 0.5) is 0 Å². The van der Waals surface area contributed by atoms with Gasteiger partial charge < -0.3 is 9.64 Å². The normalized spacial score (nSPS) is 26.9. The van der Waals surface area contributed by atoms with Crippen molar-refractivity contribution in [3.8, 4) is 0 Å². The molecule has 0 saturated carbocycles. The maximum atomic E-state index is 11.4. The van der Waals surface area contributed by atoms with E-state index >= 15 is 0 Å². The van der Waals surface area contributed by atoms with E-state index in [-0.39, 0.29) is 11.3 Å². The fourth-order valence-electron chi connectivity index (χ4n) is 2.12. The van der Waals surface area contributed by atoms with Gasteiger partial charge in [-0.2, -0.15) is 0 Å². The van der Waals surface area contributed by atoms with E-state index in [2.05, 4.69) is 12.2 Å². The summed E-state index contributed by atoms with van der Waals surface area (Å²) < 4.78 is 5.34. The van der Waals surface area contributed by atoms with Gasteiger partial charge in [-0.1, -0.05) is 6.92 Å². The smallest absolute Gasteiger partial charge is 0.237 e. The zero-order valence-electron chi connectivity index (χ0n) is 8.71. The molecule has 0 bridgehead atoms. The van der Waals surface area contributed by atoms with Gasteiger partial charge >= 0.3 is 0 Å². The van der Waals surface area contributed by atoms with E-state index in [1.54, 1.807) is 0 Å². The van der Waals surface area contributed by atoms with E-state index in [1.807, 2.05) is 4.90 Å². The molecule has 0 aliphatic carbocycles. The molecule has 4 heteroatoms. The van der Waals surface area contributed by atoms with E-state index in [0.717, 1.165) is 39.3 Å². The van der Waals surface area contributed by atoms with Crippen molar-refractivity contribution in [1.29, 1.82) is 0 Å².